The van der Waals surface area contributed by atoms with Crippen molar-refractivity contribution in [3.05, 3.63) is 35.4 Å². The molecule has 0 aliphatic heterocycles. The first kappa shape index (κ1) is 15.3. The molecule has 0 fully saturated rings. The summed E-state index contributed by atoms with van der Waals surface area (Å²) in [7, 11) is 0. The standard InChI is InChI=1S/C11H14F3N.ClH/c1-7(2)8-4-3-5-9(6-8)10(15)11(12,13)14;/h3-7,10H,15H2,1-2H3;1H. The van der Waals surface area contributed by atoms with E-state index in [1.54, 1.807) is 12.1 Å². The second kappa shape index (κ2) is 5.55. The highest BCUT2D eigenvalue weighted by molar-refractivity contribution is 5.85. The highest BCUT2D eigenvalue weighted by atomic mass is 35.5. The lowest BCUT2D eigenvalue weighted by Gasteiger charge is -2.17. The molecule has 0 saturated heterocycles. The van der Waals surface area contributed by atoms with Gasteiger partial charge in [-0.25, -0.2) is 0 Å². The average molecular weight is 254 g/mol. The fourth-order valence-electron chi connectivity index (χ4n) is 1.30. The van der Waals surface area contributed by atoms with E-state index in [9.17, 15) is 13.2 Å². The summed E-state index contributed by atoms with van der Waals surface area (Å²) < 4.78 is 37.0. The molecule has 1 unspecified atom stereocenters. The third-order valence-corrected chi connectivity index (χ3v) is 2.29. The molecule has 0 amide bonds. The van der Waals surface area contributed by atoms with Gasteiger partial charge in [-0.2, -0.15) is 13.2 Å². The number of rotatable bonds is 2. The minimum atomic E-state index is -4.38. The molecule has 1 aromatic rings. The van der Waals surface area contributed by atoms with Crippen molar-refractivity contribution >= 4 is 12.4 Å². The maximum absolute atomic E-state index is 12.3. The molecule has 1 atom stereocenters. The Morgan fingerprint density at radius 1 is 1.12 bits per heavy atom. The molecule has 2 N–H and O–H groups in total. The van der Waals surface area contributed by atoms with E-state index in [0.29, 0.717) is 0 Å². The summed E-state index contributed by atoms with van der Waals surface area (Å²) in [6.45, 7) is 3.86. The van der Waals surface area contributed by atoms with Crippen LogP contribution >= 0.6 is 12.4 Å². The van der Waals surface area contributed by atoms with Gasteiger partial charge in [0, 0.05) is 0 Å². The minimum Gasteiger partial charge on any atom is -0.316 e. The van der Waals surface area contributed by atoms with Gasteiger partial charge in [0.05, 0.1) is 0 Å². The van der Waals surface area contributed by atoms with E-state index < -0.39 is 12.2 Å². The Balaban J connectivity index is 0.00000225. The Kier molecular flexibility index (Phi) is 5.29. The summed E-state index contributed by atoms with van der Waals surface area (Å²) in [5, 5.41) is 0. The first-order valence-corrected chi connectivity index (χ1v) is 4.74. The van der Waals surface area contributed by atoms with Crippen molar-refractivity contribution < 1.29 is 13.2 Å². The molecule has 92 valence electrons. The fourth-order valence-corrected chi connectivity index (χ4v) is 1.30. The van der Waals surface area contributed by atoms with Crippen molar-refractivity contribution in [3.8, 4) is 0 Å². The van der Waals surface area contributed by atoms with Crippen molar-refractivity contribution in [1.82, 2.24) is 0 Å². The predicted molar refractivity (Wildman–Crippen MR) is 60.8 cm³/mol. The lowest BCUT2D eigenvalue weighted by Crippen LogP contribution is -2.28. The van der Waals surface area contributed by atoms with Crippen molar-refractivity contribution in [1.29, 1.82) is 0 Å². The fraction of sp³-hybridized carbons (Fsp3) is 0.455. The lowest BCUT2D eigenvalue weighted by molar-refractivity contribution is -0.149. The highest BCUT2D eigenvalue weighted by Crippen LogP contribution is 2.31. The van der Waals surface area contributed by atoms with Crippen molar-refractivity contribution in [2.24, 2.45) is 5.73 Å². The summed E-state index contributed by atoms with van der Waals surface area (Å²) in [6.07, 6.45) is -4.38. The van der Waals surface area contributed by atoms with Crippen LogP contribution in [0.25, 0.3) is 0 Å². The van der Waals surface area contributed by atoms with Gasteiger partial charge in [0.2, 0.25) is 0 Å². The number of hydrogen-bond acceptors (Lipinski definition) is 1. The van der Waals surface area contributed by atoms with E-state index in [-0.39, 0.29) is 23.9 Å². The number of hydrogen-bond donors (Lipinski definition) is 1. The molecule has 1 rings (SSSR count). The van der Waals surface area contributed by atoms with E-state index in [4.69, 9.17) is 5.73 Å². The summed E-state index contributed by atoms with van der Waals surface area (Å²) in [6, 6.07) is 4.44. The molecule has 0 radical (unpaired) electrons. The Labute approximate surface area is 99.2 Å². The first-order chi connectivity index (χ1) is 6.82. The Bertz CT molecular complexity index is 336. The normalized spacial score (nSPS) is 13.4. The monoisotopic (exact) mass is 253 g/mol. The van der Waals surface area contributed by atoms with Crippen LogP contribution in [0.5, 0.6) is 0 Å². The number of nitrogens with two attached hydrogens (primary N) is 1. The zero-order chi connectivity index (χ0) is 11.6. The van der Waals surface area contributed by atoms with Gasteiger partial charge in [0.1, 0.15) is 6.04 Å². The van der Waals surface area contributed by atoms with Crippen molar-refractivity contribution in [2.45, 2.75) is 32.0 Å². The lowest BCUT2D eigenvalue weighted by atomic mass is 9.98. The maximum atomic E-state index is 12.3. The molecular formula is C11H15ClF3N. The van der Waals surface area contributed by atoms with Gasteiger partial charge in [-0.15, -0.1) is 12.4 Å². The molecule has 0 saturated carbocycles. The molecule has 0 bridgehead atoms. The zero-order valence-corrected chi connectivity index (χ0v) is 9.90. The largest absolute Gasteiger partial charge is 0.407 e. The van der Waals surface area contributed by atoms with Gasteiger partial charge in [-0.3, -0.25) is 0 Å². The first-order valence-electron chi connectivity index (χ1n) is 4.74. The Hall–Kier alpha value is -0.740. The molecule has 1 aromatic carbocycles. The van der Waals surface area contributed by atoms with Crippen molar-refractivity contribution in [2.75, 3.05) is 0 Å². The van der Waals surface area contributed by atoms with Gasteiger partial charge >= 0.3 is 6.18 Å². The zero-order valence-electron chi connectivity index (χ0n) is 9.08. The molecule has 0 aromatic heterocycles. The number of halogens is 4. The molecule has 0 aliphatic carbocycles. The summed E-state index contributed by atoms with van der Waals surface area (Å²) in [5.41, 5.74) is 6.10. The van der Waals surface area contributed by atoms with E-state index >= 15 is 0 Å². The topological polar surface area (TPSA) is 26.0 Å². The van der Waals surface area contributed by atoms with E-state index in [1.807, 2.05) is 13.8 Å². The molecular weight excluding hydrogens is 239 g/mol. The second-order valence-corrected chi connectivity index (χ2v) is 3.84. The molecule has 0 heterocycles. The smallest absolute Gasteiger partial charge is 0.316 e. The van der Waals surface area contributed by atoms with Crippen LogP contribution in [-0.2, 0) is 0 Å². The summed E-state index contributed by atoms with van der Waals surface area (Å²) in [4.78, 5) is 0. The molecule has 5 heteroatoms. The van der Waals surface area contributed by atoms with Gasteiger partial charge < -0.3 is 5.73 Å². The van der Waals surface area contributed by atoms with E-state index in [1.165, 1.54) is 12.1 Å². The van der Waals surface area contributed by atoms with Gasteiger partial charge in [0.25, 0.3) is 0 Å². The molecule has 0 spiro atoms. The average Bonchev–Trinajstić information content (AvgIpc) is 2.15. The van der Waals surface area contributed by atoms with Gasteiger partial charge in [0.15, 0.2) is 0 Å². The van der Waals surface area contributed by atoms with Crippen LogP contribution in [0.2, 0.25) is 0 Å². The second-order valence-electron chi connectivity index (χ2n) is 3.84. The van der Waals surface area contributed by atoms with Crippen LogP contribution in [-0.4, -0.2) is 6.18 Å². The van der Waals surface area contributed by atoms with Gasteiger partial charge in [-0.05, 0) is 17.0 Å². The Morgan fingerprint density at radius 2 is 1.62 bits per heavy atom. The predicted octanol–water partition coefficient (Wildman–Crippen LogP) is 3.79. The SMILES string of the molecule is CC(C)c1cccc(C(N)C(F)(F)F)c1.Cl. The molecule has 0 aliphatic rings. The van der Waals surface area contributed by atoms with Crippen LogP contribution in [0, 0.1) is 0 Å². The van der Waals surface area contributed by atoms with E-state index in [2.05, 4.69) is 0 Å². The van der Waals surface area contributed by atoms with Crippen LogP contribution < -0.4 is 5.73 Å². The van der Waals surface area contributed by atoms with E-state index in [0.717, 1.165) is 5.56 Å². The molecule has 16 heavy (non-hydrogen) atoms. The minimum absolute atomic E-state index is 0. The van der Waals surface area contributed by atoms with Crippen LogP contribution in [0.1, 0.15) is 36.9 Å². The van der Waals surface area contributed by atoms with Crippen LogP contribution in [0.4, 0.5) is 13.2 Å². The van der Waals surface area contributed by atoms with Gasteiger partial charge in [-0.1, -0.05) is 38.1 Å². The van der Waals surface area contributed by atoms with Crippen LogP contribution in [0.15, 0.2) is 24.3 Å². The van der Waals surface area contributed by atoms with Crippen LogP contribution in [0.3, 0.4) is 0 Å². The Morgan fingerprint density at radius 3 is 2.06 bits per heavy atom. The summed E-state index contributed by atoms with van der Waals surface area (Å²) in [5.74, 6) is 0.199. The molecule has 1 nitrogen and oxygen atoms in total. The third kappa shape index (κ3) is 3.68. The highest BCUT2D eigenvalue weighted by Gasteiger charge is 2.37. The summed E-state index contributed by atoms with van der Waals surface area (Å²) >= 11 is 0. The van der Waals surface area contributed by atoms with Crippen molar-refractivity contribution in [3.63, 3.8) is 0 Å². The third-order valence-electron chi connectivity index (χ3n) is 2.29. The maximum Gasteiger partial charge on any atom is 0.407 e. The number of benzene rings is 1. The number of alkyl halides is 3. The quantitative estimate of drug-likeness (QED) is 0.853.